The number of hydrogen-bond acceptors (Lipinski definition) is 2. The molecule has 0 aliphatic rings. The second-order valence-corrected chi connectivity index (χ2v) is 5.15. The predicted octanol–water partition coefficient (Wildman–Crippen LogP) is 3.89. The minimum absolute atomic E-state index is 0.539. The Labute approximate surface area is 111 Å². The molecular formula is C14H17BrN2. The fourth-order valence-electron chi connectivity index (χ4n) is 1.77. The number of aromatic nitrogens is 1. The van der Waals surface area contributed by atoms with Gasteiger partial charge in [0.15, 0.2) is 0 Å². The lowest BCUT2D eigenvalue weighted by atomic mass is 10.1. The Morgan fingerprint density at radius 3 is 2.94 bits per heavy atom. The van der Waals surface area contributed by atoms with Crippen molar-refractivity contribution in [3.8, 4) is 0 Å². The van der Waals surface area contributed by atoms with Gasteiger partial charge in [-0.15, -0.1) is 0 Å². The molecule has 0 radical (unpaired) electrons. The maximum Gasteiger partial charge on any atom is 0.0758 e. The van der Waals surface area contributed by atoms with Crippen molar-refractivity contribution in [2.45, 2.75) is 32.9 Å². The monoisotopic (exact) mass is 292 g/mol. The lowest BCUT2D eigenvalue weighted by Crippen LogP contribution is -2.24. The highest BCUT2D eigenvalue weighted by Crippen LogP contribution is 2.25. The third-order valence-electron chi connectivity index (χ3n) is 3.05. The van der Waals surface area contributed by atoms with Gasteiger partial charge in [0.1, 0.15) is 0 Å². The fraction of sp³-hybridized carbons (Fsp3) is 0.357. The molecule has 0 fully saturated rings. The lowest BCUT2D eigenvalue weighted by Gasteiger charge is -2.12. The molecule has 0 saturated heterocycles. The lowest BCUT2D eigenvalue weighted by molar-refractivity contribution is 0.535. The van der Waals surface area contributed by atoms with Crippen LogP contribution in [0.5, 0.6) is 0 Å². The molecule has 0 aliphatic heterocycles. The number of benzene rings is 1. The van der Waals surface area contributed by atoms with Crippen LogP contribution in [-0.4, -0.2) is 11.0 Å². The number of nitrogens with one attached hydrogen (secondary N) is 1. The molecule has 17 heavy (non-hydrogen) atoms. The number of nitrogens with zero attached hydrogens (tertiary/aromatic N) is 1. The van der Waals surface area contributed by atoms with Crippen molar-refractivity contribution in [3.05, 3.63) is 40.5 Å². The van der Waals surface area contributed by atoms with Gasteiger partial charge in [0, 0.05) is 28.6 Å². The topological polar surface area (TPSA) is 24.9 Å². The summed E-state index contributed by atoms with van der Waals surface area (Å²) in [4.78, 5) is 4.48. The van der Waals surface area contributed by atoms with Crippen LogP contribution < -0.4 is 5.32 Å². The first-order chi connectivity index (χ1) is 8.22. The molecule has 1 aromatic carbocycles. The molecule has 0 spiro atoms. The van der Waals surface area contributed by atoms with E-state index in [-0.39, 0.29) is 0 Å². The van der Waals surface area contributed by atoms with E-state index in [1.165, 1.54) is 10.9 Å². The molecule has 1 heterocycles. The van der Waals surface area contributed by atoms with Gasteiger partial charge < -0.3 is 5.32 Å². The second kappa shape index (κ2) is 5.61. The van der Waals surface area contributed by atoms with Crippen molar-refractivity contribution < 1.29 is 0 Å². The van der Waals surface area contributed by atoms with E-state index < -0.39 is 0 Å². The summed E-state index contributed by atoms with van der Waals surface area (Å²) >= 11 is 3.56. The fourth-order valence-corrected chi connectivity index (χ4v) is 2.22. The summed E-state index contributed by atoms with van der Waals surface area (Å²) in [5.41, 5.74) is 2.33. The molecule has 2 aromatic rings. The molecule has 0 amide bonds. The van der Waals surface area contributed by atoms with Gasteiger partial charge in [0.25, 0.3) is 0 Å². The third-order valence-corrected chi connectivity index (χ3v) is 3.74. The molecule has 0 aliphatic carbocycles. The summed E-state index contributed by atoms with van der Waals surface area (Å²) < 4.78 is 1.10. The number of fused-ring (bicyclic) bond motifs is 1. The van der Waals surface area contributed by atoms with Crippen LogP contribution >= 0.6 is 15.9 Å². The van der Waals surface area contributed by atoms with E-state index in [0.717, 1.165) is 23.0 Å². The predicted molar refractivity (Wildman–Crippen MR) is 76.0 cm³/mol. The van der Waals surface area contributed by atoms with E-state index in [9.17, 15) is 0 Å². The number of rotatable bonds is 4. The van der Waals surface area contributed by atoms with E-state index >= 15 is 0 Å². The van der Waals surface area contributed by atoms with E-state index in [4.69, 9.17) is 0 Å². The van der Waals surface area contributed by atoms with Gasteiger partial charge in [-0.3, -0.25) is 4.98 Å². The first-order valence-electron chi connectivity index (χ1n) is 5.98. The van der Waals surface area contributed by atoms with Gasteiger partial charge in [-0.2, -0.15) is 0 Å². The standard InChI is InChI=1S/C14H17BrN2/c1-3-10(2)17-9-11-6-7-13(15)12-5-4-8-16-14(11)12/h4-8,10,17H,3,9H2,1-2H3. The molecule has 1 N–H and O–H groups in total. The van der Waals surface area contributed by atoms with Gasteiger partial charge in [-0.25, -0.2) is 0 Å². The smallest absolute Gasteiger partial charge is 0.0758 e. The molecule has 1 unspecified atom stereocenters. The second-order valence-electron chi connectivity index (χ2n) is 4.30. The Hall–Kier alpha value is -0.930. The summed E-state index contributed by atoms with van der Waals surface area (Å²) in [6.07, 6.45) is 2.99. The molecule has 0 bridgehead atoms. The minimum Gasteiger partial charge on any atom is -0.310 e. The van der Waals surface area contributed by atoms with E-state index in [1.807, 2.05) is 12.3 Å². The largest absolute Gasteiger partial charge is 0.310 e. The van der Waals surface area contributed by atoms with Crippen LogP contribution in [0.15, 0.2) is 34.9 Å². The Kier molecular flexibility index (Phi) is 4.13. The highest BCUT2D eigenvalue weighted by Gasteiger charge is 2.06. The summed E-state index contributed by atoms with van der Waals surface area (Å²) in [7, 11) is 0. The van der Waals surface area contributed by atoms with Crippen LogP contribution in [0.2, 0.25) is 0 Å². The Bertz CT molecular complexity index is 511. The Morgan fingerprint density at radius 2 is 2.18 bits per heavy atom. The summed E-state index contributed by atoms with van der Waals surface area (Å²) in [6.45, 7) is 5.26. The minimum atomic E-state index is 0.539. The zero-order chi connectivity index (χ0) is 12.3. The summed E-state index contributed by atoms with van der Waals surface area (Å²) in [5.74, 6) is 0. The molecule has 0 saturated carbocycles. The van der Waals surface area contributed by atoms with Gasteiger partial charge in [-0.1, -0.05) is 35.0 Å². The average Bonchev–Trinajstić information content (AvgIpc) is 2.38. The van der Waals surface area contributed by atoms with Crippen LogP contribution in [-0.2, 0) is 6.54 Å². The Morgan fingerprint density at radius 1 is 1.35 bits per heavy atom. The van der Waals surface area contributed by atoms with E-state index in [2.05, 4.69) is 58.3 Å². The van der Waals surface area contributed by atoms with Crippen molar-refractivity contribution in [1.29, 1.82) is 0 Å². The van der Waals surface area contributed by atoms with Gasteiger partial charge >= 0.3 is 0 Å². The van der Waals surface area contributed by atoms with E-state index in [1.54, 1.807) is 0 Å². The third kappa shape index (κ3) is 2.85. The molecule has 90 valence electrons. The average molecular weight is 293 g/mol. The van der Waals surface area contributed by atoms with Gasteiger partial charge in [0.05, 0.1) is 5.52 Å². The van der Waals surface area contributed by atoms with Gasteiger partial charge in [-0.05, 0) is 31.0 Å². The maximum absolute atomic E-state index is 4.48. The van der Waals surface area contributed by atoms with Crippen molar-refractivity contribution >= 4 is 26.8 Å². The van der Waals surface area contributed by atoms with E-state index in [0.29, 0.717) is 6.04 Å². The SMILES string of the molecule is CCC(C)NCc1ccc(Br)c2cccnc12. The van der Waals surface area contributed by atoms with Gasteiger partial charge in [0.2, 0.25) is 0 Å². The summed E-state index contributed by atoms with van der Waals surface area (Å²) in [6, 6.07) is 8.84. The highest BCUT2D eigenvalue weighted by atomic mass is 79.9. The normalized spacial score (nSPS) is 12.9. The molecule has 1 aromatic heterocycles. The first-order valence-corrected chi connectivity index (χ1v) is 6.77. The highest BCUT2D eigenvalue weighted by molar-refractivity contribution is 9.10. The number of hydrogen-bond donors (Lipinski definition) is 1. The van der Waals surface area contributed by atoms with Crippen LogP contribution in [0.3, 0.4) is 0 Å². The first kappa shape index (κ1) is 12.5. The zero-order valence-corrected chi connectivity index (χ0v) is 11.8. The summed E-state index contributed by atoms with van der Waals surface area (Å²) in [5, 5.41) is 4.68. The van der Waals surface area contributed by atoms with Crippen molar-refractivity contribution in [2.24, 2.45) is 0 Å². The molecule has 3 heteroatoms. The molecular weight excluding hydrogens is 276 g/mol. The van der Waals surface area contributed by atoms with Crippen LogP contribution in [0, 0.1) is 0 Å². The maximum atomic E-state index is 4.48. The van der Waals surface area contributed by atoms with Crippen molar-refractivity contribution in [2.75, 3.05) is 0 Å². The zero-order valence-electron chi connectivity index (χ0n) is 10.2. The quantitative estimate of drug-likeness (QED) is 0.925. The Balaban J connectivity index is 2.32. The molecule has 2 rings (SSSR count). The van der Waals surface area contributed by atoms with Crippen LogP contribution in [0.25, 0.3) is 10.9 Å². The van der Waals surface area contributed by atoms with Crippen LogP contribution in [0.1, 0.15) is 25.8 Å². The number of pyridine rings is 1. The van der Waals surface area contributed by atoms with Crippen LogP contribution in [0.4, 0.5) is 0 Å². The van der Waals surface area contributed by atoms with Crippen molar-refractivity contribution in [1.82, 2.24) is 10.3 Å². The number of halogens is 1. The molecule has 1 atom stereocenters. The van der Waals surface area contributed by atoms with Crippen molar-refractivity contribution in [3.63, 3.8) is 0 Å². The molecule has 2 nitrogen and oxygen atoms in total.